The molecule has 1 heterocycles. The predicted octanol–water partition coefficient (Wildman–Crippen LogP) is 2.97. The van der Waals surface area contributed by atoms with Crippen LogP contribution in [0.25, 0.3) is 0 Å². The van der Waals surface area contributed by atoms with Gasteiger partial charge < -0.3 is 14.6 Å². The molecule has 0 aromatic heterocycles. The Morgan fingerprint density at radius 2 is 2.11 bits per heavy atom. The SMILES string of the molecule is COC1CCC2(CC1)CC(O)c1ccc(F)cc1O2. The highest BCUT2D eigenvalue weighted by Crippen LogP contribution is 2.46. The van der Waals surface area contributed by atoms with E-state index in [1.165, 1.54) is 12.1 Å². The van der Waals surface area contributed by atoms with Crippen LogP contribution in [-0.2, 0) is 4.74 Å². The monoisotopic (exact) mass is 266 g/mol. The van der Waals surface area contributed by atoms with Crippen molar-refractivity contribution in [1.82, 2.24) is 0 Å². The van der Waals surface area contributed by atoms with Gasteiger partial charge in [0.1, 0.15) is 17.2 Å². The number of aliphatic hydroxyl groups is 1. The molecule has 19 heavy (non-hydrogen) atoms. The first-order chi connectivity index (χ1) is 9.12. The van der Waals surface area contributed by atoms with Crippen LogP contribution in [0, 0.1) is 5.82 Å². The lowest BCUT2D eigenvalue weighted by Crippen LogP contribution is -2.45. The summed E-state index contributed by atoms with van der Waals surface area (Å²) in [4.78, 5) is 0. The van der Waals surface area contributed by atoms with Crippen molar-refractivity contribution in [1.29, 1.82) is 0 Å². The van der Waals surface area contributed by atoms with Crippen LogP contribution in [0.1, 0.15) is 43.8 Å². The molecule has 1 aliphatic carbocycles. The van der Waals surface area contributed by atoms with E-state index >= 15 is 0 Å². The maximum atomic E-state index is 13.3. The molecule has 1 aliphatic heterocycles. The fourth-order valence-electron chi connectivity index (χ4n) is 3.27. The summed E-state index contributed by atoms with van der Waals surface area (Å²) in [5.74, 6) is 0.170. The number of ether oxygens (including phenoxy) is 2. The van der Waals surface area contributed by atoms with Crippen molar-refractivity contribution in [2.45, 2.75) is 49.9 Å². The molecule has 1 fully saturated rings. The normalized spacial score (nSPS) is 33.8. The van der Waals surface area contributed by atoms with Crippen molar-refractivity contribution in [2.24, 2.45) is 0 Å². The molecule has 3 rings (SSSR count). The van der Waals surface area contributed by atoms with E-state index in [1.54, 1.807) is 13.2 Å². The van der Waals surface area contributed by atoms with Crippen molar-refractivity contribution in [3.05, 3.63) is 29.6 Å². The molecule has 4 heteroatoms. The number of benzene rings is 1. The number of halogens is 1. The molecule has 1 aromatic rings. The van der Waals surface area contributed by atoms with E-state index in [0.29, 0.717) is 17.7 Å². The minimum absolute atomic E-state index is 0.278. The third kappa shape index (κ3) is 2.35. The van der Waals surface area contributed by atoms with Crippen molar-refractivity contribution in [2.75, 3.05) is 7.11 Å². The Morgan fingerprint density at radius 3 is 2.79 bits per heavy atom. The van der Waals surface area contributed by atoms with Crippen LogP contribution in [0.5, 0.6) is 5.75 Å². The van der Waals surface area contributed by atoms with E-state index in [4.69, 9.17) is 9.47 Å². The molecule has 1 spiro atoms. The average Bonchev–Trinajstić information content (AvgIpc) is 2.39. The Bertz CT molecular complexity index is 466. The molecular formula is C15H19FO3. The third-order valence-electron chi connectivity index (χ3n) is 4.40. The lowest BCUT2D eigenvalue weighted by atomic mass is 9.77. The Kier molecular flexibility index (Phi) is 3.23. The second-order valence-electron chi connectivity index (χ2n) is 5.62. The minimum Gasteiger partial charge on any atom is -0.487 e. The highest BCUT2D eigenvalue weighted by atomic mass is 19.1. The molecule has 2 aliphatic rings. The van der Waals surface area contributed by atoms with Crippen LogP contribution in [0.15, 0.2) is 18.2 Å². The van der Waals surface area contributed by atoms with Gasteiger partial charge in [-0.15, -0.1) is 0 Å². The summed E-state index contributed by atoms with van der Waals surface area (Å²) in [6.07, 6.45) is 3.84. The van der Waals surface area contributed by atoms with Gasteiger partial charge in [-0.3, -0.25) is 0 Å². The van der Waals surface area contributed by atoms with Gasteiger partial charge in [-0.25, -0.2) is 4.39 Å². The van der Waals surface area contributed by atoms with Gasteiger partial charge in [-0.2, -0.15) is 0 Å². The van der Waals surface area contributed by atoms with Gasteiger partial charge in [0.25, 0.3) is 0 Å². The van der Waals surface area contributed by atoms with Gasteiger partial charge >= 0.3 is 0 Å². The molecule has 0 radical (unpaired) electrons. The molecule has 0 amide bonds. The molecule has 0 bridgehead atoms. The lowest BCUT2D eigenvalue weighted by molar-refractivity contribution is -0.0673. The van der Waals surface area contributed by atoms with E-state index in [9.17, 15) is 9.50 Å². The molecular weight excluding hydrogens is 247 g/mol. The number of fused-ring (bicyclic) bond motifs is 1. The highest BCUT2D eigenvalue weighted by Gasteiger charge is 2.43. The van der Waals surface area contributed by atoms with Crippen LogP contribution in [0.3, 0.4) is 0 Å². The van der Waals surface area contributed by atoms with Gasteiger partial charge in [0.05, 0.1) is 12.2 Å². The summed E-state index contributed by atoms with van der Waals surface area (Å²) in [6.45, 7) is 0. The van der Waals surface area contributed by atoms with Gasteiger partial charge in [-0.05, 0) is 37.8 Å². The third-order valence-corrected chi connectivity index (χ3v) is 4.40. The summed E-state index contributed by atoms with van der Waals surface area (Å²) < 4.78 is 24.7. The van der Waals surface area contributed by atoms with Crippen LogP contribution >= 0.6 is 0 Å². The Balaban J connectivity index is 1.84. The van der Waals surface area contributed by atoms with Crippen LogP contribution < -0.4 is 4.74 Å². The maximum absolute atomic E-state index is 13.3. The quantitative estimate of drug-likeness (QED) is 0.849. The Hall–Kier alpha value is -1.13. The fourth-order valence-corrected chi connectivity index (χ4v) is 3.27. The first kappa shape index (κ1) is 12.9. The molecule has 1 unspecified atom stereocenters. The molecule has 3 nitrogen and oxygen atoms in total. The average molecular weight is 266 g/mol. The molecule has 1 atom stereocenters. The summed E-state index contributed by atoms with van der Waals surface area (Å²) in [6, 6.07) is 4.36. The molecule has 1 aromatic carbocycles. The summed E-state index contributed by atoms with van der Waals surface area (Å²) in [5, 5.41) is 10.3. The summed E-state index contributed by atoms with van der Waals surface area (Å²) in [5.41, 5.74) is 0.343. The number of rotatable bonds is 1. The van der Waals surface area contributed by atoms with E-state index in [0.717, 1.165) is 25.7 Å². The van der Waals surface area contributed by atoms with Crippen molar-refractivity contribution >= 4 is 0 Å². The second-order valence-corrected chi connectivity index (χ2v) is 5.62. The van der Waals surface area contributed by atoms with E-state index in [2.05, 4.69) is 0 Å². The van der Waals surface area contributed by atoms with Crippen molar-refractivity contribution in [3.63, 3.8) is 0 Å². The Labute approximate surface area is 112 Å². The molecule has 1 N–H and O–H groups in total. The number of aliphatic hydroxyl groups excluding tert-OH is 1. The minimum atomic E-state index is -0.566. The predicted molar refractivity (Wildman–Crippen MR) is 68.6 cm³/mol. The van der Waals surface area contributed by atoms with Gasteiger partial charge in [0.2, 0.25) is 0 Å². The van der Waals surface area contributed by atoms with Crippen molar-refractivity contribution in [3.8, 4) is 5.75 Å². The van der Waals surface area contributed by atoms with Crippen molar-refractivity contribution < 1.29 is 19.0 Å². The van der Waals surface area contributed by atoms with Crippen LogP contribution in [0.2, 0.25) is 0 Å². The van der Waals surface area contributed by atoms with E-state index in [1.807, 2.05) is 0 Å². The van der Waals surface area contributed by atoms with Gasteiger partial charge in [0, 0.05) is 25.2 Å². The summed E-state index contributed by atoms with van der Waals surface area (Å²) >= 11 is 0. The van der Waals surface area contributed by atoms with E-state index < -0.39 is 6.10 Å². The fraction of sp³-hybridized carbons (Fsp3) is 0.600. The van der Waals surface area contributed by atoms with Crippen LogP contribution in [-0.4, -0.2) is 23.9 Å². The maximum Gasteiger partial charge on any atom is 0.128 e. The number of hydrogen-bond donors (Lipinski definition) is 1. The summed E-state index contributed by atoms with van der Waals surface area (Å²) in [7, 11) is 1.73. The zero-order chi connectivity index (χ0) is 13.5. The van der Waals surface area contributed by atoms with Gasteiger partial charge in [-0.1, -0.05) is 0 Å². The zero-order valence-corrected chi connectivity index (χ0v) is 11.1. The topological polar surface area (TPSA) is 38.7 Å². The Morgan fingerprint density at radius 1 is 1.37 bits per heavy atom. The zero-order valence-electron chi connectivity index (χ0n) is 11.1. The standard InChI is InChI=1S/C15H19FO3/c1-18-11-4-6-15(7-5-11)9-13(17)12-3-2-10(16)8-14(12)19-15/h2-3,8,11,13,17H,4-7,9H2,1H3. The van der Waals surface area contributed by atoms with Crippen LogP contribution in [0.4, 0.5) is 4.39 Å². The first-order valence-corrected chi connectivity index (χ1v) is 6.81. The van der Waals surface area contributed by atoms with Gasteiger partial charge in [0.15, 0.2) is 0 Å². The lowest BCUT2D eigenvalue weighted by Gasteiger charge is -2.44. The second kappa shape index (κ2) is 4.76. The molecule has 104 valence electrons. The first-order valence-electron chi connectivity index (χ1n) is 6.81. The number of hydrogen-bond acceptors (Lipinski definition) is 3. The van der Waals surface area contributed by atoms with E-state index in [-0.39, 0.29) is 17.5 Å². The highest BCUT2D eigenvalue weighted by molar-refractivity contribution is 5.38. The smallest absolute Gasteiger partial charge is 0.128 e. The molecule has 0 saturated heterocycles. The molecule has 1 saturated carbocycles. The number of methoxy groups -OCH3 is 1. The largest absolute Gasteiger partial charge is 0.487 e.